The fourth-order valence-corrected chi connectivity index (χ4v) is 3.52. The van der Waals surface area contributed by atoms with Crippen LogP contribution in [-0.4, -0.2) is 42.1 Å². The van der Waals surface area contributed by atoms with Crippen LogP contribution in [0.2, 0.25) is 0 Å². The number of hydrogen-bond donors (Lipinski definition) is 1. The molecule has 1 aromatic carbocycles. The van der Waals surface area contributed by atoms with Gasteiger partial charge >= 0.3 is 0 Å². The Morgan fingerprint density at radius 2 is 1.59 bits per heavy atom. The minimum atomic E-state index is -0.0796. The van der Waals surface area contributed by atoms with E-state index in [-0.39, 0.29) is 5.91 Å². The van der Waals surface area contributed by atoms with Crippen molar-refractivity contribution in [1.82, 2.24) is 15.3 Å². The third-order valence-electron chi connectivity index (χ3n) is 5.29. The van der Waals surface area contributed by atoms with E-state index in [1.165, 1.54) is 5.56 Å². The van der Waals surface area contributed by atoms with Crippen LogP contribution in [0.5, 0.6) is 0 Å². The Morgan fingerprint density at radius 3 is 2.31 bits per heavy atom. The molecule has 0 aliphatic carbocycles. The standard InChI is InChI=1S/C23H25N5O/c1-18-6-2-3-7-20(18)17-26-23(29)19-9-11-25-22(16-19)28-14-12-27(13-15-28)21-8-4-5-10-24-21/h2-11,16H,12-15,17H2,1H3,(H,26,29). The SMILES string of the molecule is Cc1ccccc1CNC(=O)c1ccnc(N2CCN(c3ccccn3)CC2)c1. The molecular formula is C23H25N5O. The van der Waals surface area contributed by atoms with Gasteiger partial charge in [-0.2, -0.15) is 0 Å². The van der Waals surface area contributed by atoms with Crippen LogP contribution >= 0.6 is 0 Å². The smallest absolute Gasteiger partial charge is 0.251 e. The van der Waals surface area contributed by atoms with Gasteiger partial charge in [-0.05, 0) is 42.3 Å². The molecule has 6 heteroatoms. The highest BCUT2D eigenvalue weighted by Gasteiger charge is 2.19. The molecule has 1 N–H and O–H groups in total. The van der Waals surface area contributed by atoms with Gasteiger partial charge in [0.1, 0.15) is 11.6 Å². The fourth-order valence-electron chi connectivity index (χ4n) is 3.52. The van der Waals surface area contributed by atoms with Crippen LogP contribution < -0.4 is 15.1 Å². The predicted octanol–water partition coefficient (Wildman–Crippen LogP) is 3.04. The summed E-state index contributed by atoms with van der Waals surface area (Å²) in [6.45, 7) is 6.02. The van der Waals surface area contributed by atoms with Gasteiger partial charge in [-0.3, -0.25) is 4.79 Å². The maximum atomic E-state index is 12.6. The first kappa shape index (κ1) is 18.9. The van der Waals surface area contributed by atoms with E-state index in [0.717, 1.165) is 43.4 Å². The number of aromatic nitrogens is 2. The molecule has 1 aliphatic rings. The summed E-state index contributed by atoms with van der Waals surface area (Å²) in [5, 5.41) is 3.01. The number of pyridine rings is 2. The lowest BCUT2D eigenvalue weighted by atomic mass is 10.1. The summed E-state index contributed by atoms with van der Waals surface area (Å²) in [4.78, 5) is 26.0. The molecule has 2 aromatic heterocycles. The molecular weight excluding hydrogens is 362 g/mol. The van der Waals surface area contributed by atoms with Crippen LogP contribution in [0.3, 0.4) is 0 Å². The molecule has 1 saturated heterocycles. The van der Waals surface area contributed by atoms with E-state index in [4.69, 9.17) is 0 Å². The van der Waals surface area contributed by atoms with Gasteiger partial charge in [0.15, 0.2) is 0 Å². The topological polar surface area (TPSA) is 61.4 Å². The highest BCUT2D eigenvalue weighted by molar-refractivity contribution is 5.94. The van der Waals surface area contributed by atoms with Crippen molar-refractivity contribution < 1.29 is 4.79 Å². The Kier molecular flexibility index (Phi) is 5.70. The van der Waals surface area contributed by atoms with E-state index < -0.39 is 0 Å². The molecule has 0 unspecified atom stereocenters. The summed E-state index contributed by atoms with van der Waals surface area (Å²) >= 11 is 0. The zero-order valence-electron chi connectivity index (χ0n) is 16.6. The van der Waals surface area contributed by atoms with Gasteiger partial charge in [0, 0.05) is 50.7 Å². The van der Waals surface area contributed by atoms with E-state index in [2.05, 4.69) is 38.1 Å². The first-order valence-electron chi connectivity index (χ1n) is 9.90. The maximum Gasteiger partial charge on any atom is 0.251 e. The molecule has 0 bridgehead atoms. The van der Waals surface area contributed by atoms with Crippen LogP contribution in [0, 0.1) is 6.92 Å². The molecule has 148 valence electrons. The molecule has 6 nitrogen and oxygen atoms in total. The first-order chi connectivity index (χ1) is 14.2. The van der Waals surface area contributed by atoms with Gasteiger partial charge in [0.25, 0.3) is 5.91 Å². The zero-order valence-corrected chi connectivity index (χ0v) is 16.6. The number of nitrogens with one attached hydrogen (secondary N) is 1. The fraction of sp³-hybridized carbons (Fsp3) is 0.261. The van der Waals surface area contributed by atoms with Gasteiger partial charge in [-0.25, -0.2) is 9.97 Å². The lowest BCUT2D eigenvalue weighted by molar-refractivity contribution is 0.0951. The molecule has 4 rings (SSSR count). The molecule has 0 saturated carbocycles. The lowest BCUT2D eigenvalue weighted by Gasteiger charge is -2.36. The highest BCUT2D eigenvalue weighted by atomic mass is 16.1. The van der Waals surface area contributed by atoms with Crippen molar-refractivity contribution in [2.45, 2.75) is 13.5 Å². The summed E-state index contributed by atoms with van der Waals surface area (Å²) in [6, 6.07) is 17.7. The average Bonchev–Trinajstić information content (AvgIpc) is 2.79. The molecule has 3 heterocycles. The van der Waals surface area contributed by atoms with Gasteiger partial charge < -0.3 is 15.1 Å². The quantitative estimate of drug-likeness (QED) is 0.729. The second-order valence-electron chi connectivity index (χ2n) is 7.17. The van der Waals surface area contributed by atoms with Crippen LogP contribution in [0.4, 0.5) is 11.6 Å². The minimum Gasteiger partial charge on any atom is -0.353 e. The van der Waals surface area contributed by atoms with Crippen molar-refractivity contribution in [3.05, 3.63) is 83.7 Å². The van der Waals surface area contributed by atoms with Crippen molar-refractivity contribution >= 4 is 17.5 Å². The van der Waals surface area contributed by atoms with Crippen molar-refractivity contribution in [3.63, 3.8) is 0 Å². The molecule has 0 spiro atoms. The number of aryl methyl sites for hydroxylation is 1. The molecule has 1 amide bonds. The number of amides is 1. The van der Waals surface area contributed by atoms with Crippen molar-refractivity contribution in [2.24, 2.45) is 0 Å². The third-order valence-corrected chi connectivity index (χ3v) is 5.29. The molecule has 0 atom stereocenters. The van der Waals surface area contributed by atoms with Crippen molar-refractivity contribution in [1.29, 1.82) is 0 Å². The first-order valence-corrected chi connectivity index (χ1v) is 9.90. The maximum absolute atomic E-state index is 12.6. The minimum absolute atomic E-state index is 0.0796. The highest BCUT2D eigenvalue weighted by Crippen LogP contribution is 2.18. The summed E-state index contributed by atoms with van der Waals surface area (Å²) in [7, 11) is 0. The van der Waals surface area contributed by atoms with Gasteiger partial charge in [0.2, 0.25) is 0 Å². The molecule has 1 fully saturated rings. The Labute approximate surface area is 171 Å². The largest absolute Gasteiger partial charge is 0.353 e. The zero-order chi connectivity index (χ0) is 20.1. The van der Waals surface area contributed by atoms with Gasteiger partial charge in [-0.1, -0.05) is 30.3 Å². The number of nitrogens with zero attached hydrogens (tertiary/aromatic N) is 4. The van der Waals surface area contributed by atoms with E-state index in [0.29, 0.717) is 12.1 Å². The Bertz CT molecular complexity index is 968. The average molecular weight is 387 g/mol. The number of benzene rings is 1. The summed E-state index contributed by atoms with van der Waals surface area (Å²) in [6.07, 6.45) is 3.53. The van der Waals surface area contributed by atoms with Crippen LogP contribution in [0.25, 0.3) is 0 Å². The summed E-state index contributed by atoms with van der Waals surface area (Å²) in [5.41, 5.74) is 2.94. The van der Waals surface area contributed by atoms with E-state index in [9.17, 15) is 4.79 Å². The monoisotopic (exact) mass is 387 g/mol. The normalized spacial score (nSPS) is 14.0. The molecule has 1 aliphatic heterocycles. The number of carbonyl (C=O) groups excluding carboxylic acids is 1. The van der Waals surface area contributed by atoms with Crippen molar-refractivity contribution in [3.8, 4) is 0 Å². The molecule has 0 radical (unpaired) electrons. The second-order valence-corrected chi connectivity index (χ2v) is 7.17. The van der Waals surface area contributed by atoms with Crippen LogP contribution in [0.15, 0.2) is 67.0 Å². The van der Waals surface area contributed by atoms with Gasteiger partial charge in [-0.15, -0.1) is 0 Å². The number of rotatable bonds is 5. The Hall–Kier alpha value is -3.41. The number of piperazine rings is 1. The van der Waals surface area contributed by atoms with Crippen molar-refractivity contribution in [2.75, 3.05) is 36.0 Å². The van der Waals surface area contributed by atoms with Crippen LogP contribution in [-0.2, 0) is 6.54 Å². The van der Waals surface area contributed by atoms with Gasteiger partial charge in [0.05, 0.1) is 0 Å². The Morgan fingerprint density at radius 1 is 0.897 bits per heavy atom. The predicted molar refractivity (Wildman–Crippen MR) is 115 cm³/mol. The second kappa shape index (κ2) is 8.73. The summed E-state index contributed by atoms with van der Waals surface area (Å²) in [5.74, 6) is 1.77. The van der Waals surface area contributed by atoms with E-state index >= 15 is 0 Å². The lowest BCUT2D eigenvalue weighted by Crippen LogP contribution is -2.47. The number of anilines is 2. The van der Waals surface area contributed by atoms with Crippen LogP contribution in [0.1, 0.15) is 21.5 Å². The number of carbonyl (C=O) groups is 1. The molecule has 3 aromatic rings. The van der Waals surface area contributed by atoms with E-state index in [1.54, 1.807) is 12.3 Å². The number of hydrogen-bond acceptors (Lipinski definition) is 5. The Balaban J connectivity index is 1.37. The summed E-state index contributed by atoms with van der Waals surface area (Å²) < 4.78 is 0. The molecule has 29 heavy (non-hydrogen) atoms. The third kappa shape index (κ3) is 4.54. The van der Waals surface area contributed by atoms with E-state index in [1.807, 2.05) is 48.7 Å².